The van der Waals surface area contributed by atoms with Gasteiger partial charge in [-0.05, 0) is 23.8 Å². The van der Waals surface area contributed by atoms with Crippen molar-refractivity contribution >= 4 is 5.96 Å². The first-order chi connectivity index (χ1) is 12.2. The molecular weight excluding hydrogens is 318 g/mol. The highest BCUT2D eigenvalue weighted by atomic mass is 16.5. The van der Waals surface area contributed by atoms with Crippen LogP contribution in [0.2, 0.25) is 0 Å². The summed E-state index contributed by atoms with van der Waals surface area (Å²) in [6, 6.07) is 13.8. The minimum atomic E-state index is 0.110. The lowest BCUT2D eigenvalue weighted by molar-refractivity contribution is 0.262. The molecule has 0 saturated heterocycles. The van der Waals surface area contributed by atoms with E-state index in [9.17, 15) is 0 Å². The van der Waals surface area contributed by atoms with Gasteiger partial charge in [-0.25, -0.2) is 4.99 Å². The zero-order chi connectivity index (χ0) is 17.6. The number of nitrogens with zero attached hydrogens (tertiary/aromatic N) is 1. The Morgan fingerprint density at radius 1 is 1.20 bits per heavy atom. The third kappa shape index (κ3) is 3.96. The Morgan fingerprint density at radius 3 is 2.80 bits per heavy atom. The van der Waals surface area contributed by atoms with Crippen LogP contribution < -0.4 is 25.3 Å². The molecule has 0 radical (unpaired) electrons. The van der Waals surface area contributed by atoms with Crippen LogP contribution in [0, 0.1) is 0 Å². The number of rotatable bonds is 5. The van der Waals surface area contributed by atoms with E-state index < -0.39 is 0 Å². The molecule has 0 aromatic heterocycles. The second-order valence-corrected chi connectivity index (χ2v) is 5.76. The number of nitrogens with two attached hydrogens (primary N) is 1. The number of ether oxygens (including phenoxy) is 3. The SMILES string of the molecule is COc1ccc(CN=C(N)NC2CCOc3ccccc32)cc1OC. The first-order valence-electron chi connectivity index (χ1n) is 8.20. The summed E-state index contributed by atoms with van der Waals surface area (Å²) < 4.78 is 16.2. The van der Waals surface area contributed by atoms with E-state index in [-0.39, 0.29) is 6.04 Å². The number of hydrogen-bond donors (Lipinski definition) is 2. The van der Waals surface area contributed by atoms with Gasteiger partial charge in [0, 0.05) is 12.0 Å². The Balaban J connectivity index is 1.67. The molecule has 0 bridgehead atoms. The topological polar surface area (TPSA) is 78.1 Å². The van der Waals surface area contributed by atoms with Crippen LogP contribution in [0.25, 0.3) is 0 Å². The molecule has 132 valence electrons. The van der Waals surface area contributed by atoms with Crippen molar-refractivity contribution in [3.8, 4) is 17.2 Å². The van der Waals surface area contributed by atoms with Crippen LogP contribution in [-0.2, 0) is 6.54 Å². The maximum atomic E-state index is 6.08. The van der Waals surface area contributed by atoms with Gasteiger partial charge in [-0.15, -0.1) is 0 Å². The quantitative estimate of drug-likeness (QED) is 0.646. The van der Waals surface area contributed by atoms with Crippen molar-refractivity contribution < 1.29 is 14.2 Å². The molecule has 1 aliphatic rings. The number of methoxy groups -OCH3 is 2. The zero-order valence-corrected chi connectivity index (χ0v) is 14.5. The fourth-order valence-electron chi connectivity index (χ4n) is 2.87. The molecule has 3 rings (SSSR count). The smallest absolute Gasteiger partial charge is 0.189 e. The van der Waals surface area contributed by atoms with Crippen LogP contribution in [-0.4, -0.2) is 26.8 Å². The molecule has 1 atom stereocenters. The molecule has 3 N–H and O–H groups in total. The highest BCUT2D eigenvalue weighted by Crippen LogP contribution is 2.31. The average molecular weight is 341 g/mol. The lowest BCUT2D eigenvalue weighted by Gasteiger charge is -2.26. The maximum Gasteiger partial charge on any atom is 0.189 e. The van der Waals surface area contributed by atoms with E-state index in [0.29, 0.717) is 30.6 Å². The van der Waals surface area contributed by atoms with Crippen LogP contribution in [0.4, 0.5) is 0 Å². The molecule has 6 nitrogen and oxygen atoms in total. The predicted molar refractivity (Wildman–Crippen MR) is 97.3 cm³/mol. The summed E-state index contributed by atoms with van der Waals surface area (Å²) in [7, 11) is 3.23. The summed E-state index contributed by atoms with van der Waals surface area (Å²) in [5.41, 5.74) is 8.18. The molecule has 0 amide bonds. The molecule has 6 heteroatoms. The minimum Gasteiger partial charge on any atom is -0.493 e. The Labute approximate surface area is 147 Å². The van der Waals surface area contributed by atoms with Crippen molar-refractivity contribution in [2.24, 2.45) is 10.7 Å². The van der Waals surface area contributed by atoms with Crippen LogP contribution in [0.15, 0.2) is 47.5 Å². The lowest BCUT2D eigenvalue weighted by Crippen LogP contribution is -2.37. The Kier molecular flexibility index (Phi) is 5.28. The highest BCUT2D eigenvalue weighted by molar-refractivity contribution is 5.78. The number of para-hydroxylation sites is 1. The maximum absolute atomic E-state index is 6.08. The molecule has 2 aromatic rings. The first kappa shape index (κ1) is 17.0. The van der Waals surface area contributed by atoms with E-state index in [1.165, 1.54) is 0 Å². The van der Waals surface area contributed by atoms with Gasteiger partial charge in [0.05, 0.1) is 33.4 Å². The Bertz CT molecular complexity index is 761. The van der Waals surface area contributed by atoms with Gasteiger partial charge in [-0.1, -0.05) is 24.3 Å². The summed E-state index contributed by atoms with van der Waals surface area (Å²) in [6.45, 7) is 1.13. The number of benzene rings is 2. The molecule has 2 aromatic carbocycles. The van der Waals surface area contributed by atoms with Gasteiger partial charge in [-0.3, -0.25) is 0 Å². The lowest BCUT2D eigenvalue weighted by atomic mass is 10.0. The van der Waals surface area contributed by atoms with Gasteiger partial charge < -0.3 is 25.3 Å². The number of nitrogens with one attached hydrogen (secondary N) is 1. The van der Waals surface area contributed by atoms with Crippen molar-refractivity contribution in [2.75, 3.05) is 20.8 Å². The van der Waals surface area contributed by atoms with Gasteiger partial charge >= 0.3 is 0 Å². The van der Waals surface area contributed by atoms with Crippen LogP contribution >= 0.6 is 0 Å². The molecular formula is C19H23N3O3. The third-order valence-electron chi connectivity index (χ3n) is 4.16. The van der Waals surface area contributed by atoms with E-state index in [1.54, 1.807) is 14.2 Å². The largest absolute Gasteiger partial charge is 0.493 e. The van der Waals surface area contributed by atoms with Crippen molar-refractivity contribution in [3.63, 3.8) is 0 Å². The van der Waals surface area contributed by atoms with Gasteiger partial charge in [-0.2, -0.15) is 0 Å². The van der Waals surface area contributed by atoms with E-state index in [2.05, 4.69) is 10.3 Å². The highest BCUT2D eigenvalue weighted by Gasteiger charge is 2.21. The molecule has 0 spiro atoms. The number of aliphatic imine (C=N–C) groups is 1. The standard InChI is InChI=1S/C19H23N3O3/c1-23-17-8-7-13(11-18(17)24-2)12-21-19(20)22-15-9-10-25-16-6-4-3-5-14(15)16/h3-8,11,15H,9-10,12H2,1-2H3,(H3,20,21,22). The molecule has 1 unspecified atom stereocenters. The van der Waals surface area contributed by atoms with E-state index in [0.717, 1.165) is 23.3 Å². The second kappa shape index (κ2) is 7.79. The van der Waals surface area contributed by atoms with Crippen molar-refractivity contribution in [1.29, 1.82) is 0 Å². The van der Waals surface area contributed by atoms with E-state index in [1.807, 2.05) is 42.5 Å². The Hall–Kier alpha value is -2.89. The number of fused-ring (bicyclic) bond motifs is 1. The van der Waals surface area contributed by atoms with Crippen LogP contribution in [0.3, 0.4) is 0 Å². The van der Waals surface area contributed by atoms with E-state index >= 15 is 0 Å². The van der Waals surface area contributed by atoms with Crippen LogP contribution in [0.1, 0.15) is 23.6 Å². The fourth-order valence-corrected chi connectivity index (χ4v) is 2.87. The normalized spacial score (nSPS) is 16.6. The van der Waals surface area contributed by atoms with Gasteiger partial charge in [0.25, 0.3) is 0 Å². The summed E-state index contributed by atoms with van der Waals surface area (Å²) in [6.07, 6.45) is 0.851. The molecule has 25 heavy (non-hydrogen) atoms. The fraction of sp³-hybridized carbons (Fsp3) is 0.316. The predicted octanol–water partition coefficient (Wildman–Crippen LogP) is 2.63. The Morgan fingerprint density at radius 2 is 2.00 bits per heavy atom. The second-order valence-electron chi connectivity index (χ2n) is 5.76. The summed E-state index contributed by atoms with van der Waals surface area (Å²) in [4.78, 5) is 4.44. The van der Waals surface area contributed by atoms with Crippen LogP contribution in [0.5, 0.6) is 17.2 Å². The third-order valence-corrected chi connectivity index (χ3v) is 4.16. The number of guanidine groups is 1. The monoisotopic (exact) mass is 341 g/mol. The first-order valence-corrected chi connectivity index (χ1v) is 8.20. The zero-order valence-electron chi connectivity index (χ0n) is 14.5. The minimum absolute atomic E-state index is 0.110. The average Bonchev–Trinajstić information content (AvgIpc) is 2.66. The van der Waals surface area contributed by atoms with Gasteiger partial charge in [0.15, 0.2) is 17.5 Å². The summed E-state index contributed by atoms with van der Waals surface area (Å²) in [5.74, 6) is 2.69. The molecule has 1 aliphatic heterocycles. The summed E-state index contributed by atoms with van der Waals surface area (Å²) >= 11 is 0. The molecule has 0 fully saturated rings. The molecule has 0 saturated carbocycles. The van der Waals surface area contributed by atoms with Crippen molar-refractivity contribution in [2.45, 2.75) is 19.0 Å². The molecule has 1 heterocycles. The van der Waals surface area contributed by atoms with Gasteiger partial charge in [0.1, 0.15) is 5.75 Å². The van der Waals surface area contributed by atoms with E-state index in [4.69, 9.17) is 19.9 Å². The van der Waals surface area contributed by atoms with Crippen molar-refractivity contribution in [1.82, 2.24) is 5.32 Å². The molecule has 0 aliphatic carbocycles. The number of hydrogen-bond acceptors (Lipinski definition) is 4. The van der Waals surface area contributed by atoms with Crippen molar-refractivity contribution in [3.05, 3.63) is 53.6 Å². The summed E-state index contributed by atoms with van der Waals surface area (Å²) in [5, 5.41) is 3.29. The van der Waals surface area contributed by atoms with Gasteiger partial charge in [0.2, 0.25) is 0 Å².